The molecule has 1 aromatic heterocycles. The lowest BCUT2D eigenvalue weighted by atomic mass is 10.0. The molecular weight excluding hydrogens is 374 g/mol. The van der Waals surface area contributed by atoms with E-state index in [0.717, 1.165) is 0 Å². The van der Waals surface area contributed by atoms with Crippen LogP contribution in [0, 0.1) is 12.8 Å². The Hall–Kier alpha value is -2.54. The first kappa shape index (κ1) is 20.8. The summed E-state index contributed by atoms with van der Waals surface area (Å²) in [5.41, 5.74) is 0.293. The molecule has 0 bridgehead atoms. The molecular formula is C19H21ClNO6-. The predicted molar refractivity (Wildman–Crippen MR) is 98.9 cm³/mol. The molecule has 8 heteroatoms. The number of aliphatic carboxylic acids is 1. The molecule has 0 spiro atoms. The van der Waals surface area contributed by atoms with Crippen molar-refractivity contribution in [2.75, 3.05) is 7.11 Å². The van der Waals surface area contributed by atoms with Crippen molar-refractivity contribution < 1.29 is 23.8 Å². The first-order chi connectivity index (χ1) is 12.6. The molecule has 1 N–H and O–H groups in total. The van der Waals surface area contributed by atoms with Crippen LogP contribution in [0.25, 0.3) is 11.0 Å². The standard InChI is InChI=1S/C19H22ClNO6/c1-9(2)5-14(18(23)24)21-17(22)7-12-10(3)11-6-13(20)16(26-4)8-15(11)27-19(12)25/h6,8-9,14H,5,7H2,1-4H3,(H,21,22)(H,23,24)/p-1/t14-/m0/s1. The average molecular weight is 395 g/mol. The molecule has 2 rings (SSSR count). The number of hydrogen-bond donors (Lipinski definition) is 1. The van der Waals surface area contributed by atoms with E-state index in [4.69, 9.17) is 20.8 Å². The van der Waals surface area contributed by atoms with Crippen molar-refractivity contribution >= 4 is 34.4 Å². The normalized spacial score (nSPS) is 12.2. The zero-order valence-corrected chi connectivity index (χ0v) is 16.3. The molecule has 0 unspecified atom stereocenters. The summed E-state index contributed by atoms with van der Waals surface area (Å²) in [6, 6.07) is 1.98. The van der Waals surface area contributed by atoms with Crippen LogP contribution < -0.4 is 20.8 Å². The fraction of sp³-hybridized carbons (Fsp3) is 0.421. The lowest BCUT2D eigenvalue weighted by molar-refractivity contribution is -0.308. The molecule has 0 saturated carbocycles. The number of amides is 1. The van der Waals surface area contributed by atoms with E-state index in [1.165, 1.54) is 13.2 Å². The van der Waals surface area contributed by atoms with E-state index in [1.807, 2.05) is 13.8 Å². The Labute approximate surface area is 161 Å². The maximum Gasteiger partial charge on any atom is 0.340 e. The highest BCUT2D eigenvalue weighted by atomic mass is 35.5. The number of carboxylic acids is 1. The second-order valence-electron chi connectivity index (χ2n) is 6.72. The Morgan fingerprint density at radius 3 is 2.56 bits per heavy atom. The number of hydrogen-bond acceptors (Lipinski definition) is 6. The second-order valence-corrected chi connectivity index (χ2v) is 7.13. The van der Waals surface area contributed by atoms with E-state index in [0.29, 0.717) is 21.7 Å². The van der Waals surface area contributed by atoms with Crippen LogP contribution in [0.4, 0.5) is 0 Å². The topological polar surface area (TPSA) is 109 Å². The minimum Gasteiger partial charge on any atom is -0.548 e. The molecule has 1 amide bonds. The molecule has 0 saturated heterocycles. The maximum atomic E-state index is 12.3. The molecule has 7 nitrogen and oxygen atoms in total. The van der Waals surface area contributed by atoms with Gasteiger partial charge in [0.25, 0.3) is 0 Å². The van der Waals surface area contributed by atoms with Gasteiger partial charge in [0, 0.05) is 11.5 Å². The van der Waals surface area contributed by atoms with Crippen molar-refractivity contribution in [3.05, 3.63) is 38.7 Å². The van der Waals surface area contributed by atoms with Gasteiger partial charge in [-0.25, -0.2) is 4.79 Å². The molecule has 0 aliphatic carbocycles. The molecule has 2 aromatic rings. The molecule has 0 radical (unpaired) electrons. The van der Waals surface area contributed by atoms with Gasteiger partial charge in [-0.2, -0.15) is 0 Å². The first-order valence-electron chi connectivity index (χ1n) is 8.44. The van der Waals surface area contributed by atoms with Gasteiger partial charge in [0.1, 0.15) is 11.3 Å². The van der Waals surface area contributed by atoms with Crippen molar-refractivity contribution in [2.24, 2.45) is 5.92 Å². The molecule has 1 atom stereocenters. The molecule has 0 aliphatic heterocycles. The lowest BCUT2D eigenvalue weighted by Crippen LogP contribution is -2.49. The molecule has 1 heterocycles. The minimum absolute atomic E-state index is 0.0535. The number of aryl methyl sites for hydroxylation is 1. The van der Waals surface area contributed by atoms with Crippen LogP contribution in [-0.2, 0) is 16.0 Å². The van der Waals surface area contributed by atoms with Gasteiger partial charge in [-0.15, -0.1) is 0 Å². The van der Waals surface area contributed by atoms with Crippen molar-refractivity contribution in [2.45, 2.75) is 39.7 Å². The van der Waals surface area contributed by atoms with Gasteiger partial charge in [0.15, 0.2) is 0 Å². The van der Waals surface area contributed by atoms with Crippen LogP contribution >= 0.6 is 11.6 Å². The quantitative estimate of drug-likeness (QED) is 0.714. The van der Waals surface area contributed by atoms with Gasteiger partial charge in [0.2, 0.25) is 5.91 Å². The van der Waals surface area contributed by atoms with Crippen LogP contribution in [0.3, 0.4) is 0 Å². The molecule has 1 aromatic carbocycles. The highest BCUT2D eigenvalue weighted by Crippen LogP contribution is 2.31. The van der Waals surface area contributed by atoms with Crippen molar-refractivity contribution in [3.63, 3.8) is 0 Å². The molecule has 146 valence electrons. The zero-order chi connectivity index (χ0) is 20.3. The fourth-order valence-electron chi connectivity index (χ4n) is 2.84. The van der Waals surface area contributed by atoms with Crippen molar-refractivity contribution in [3.8, 4) is 5.75 Å². The van der Waals surface area contributed by atoms with Gasteiger partial charge in [-0.05, 0) is 30.9 Å². The van der Waals surface area contributed by atoms with Crippen LogP contribution in [0.15, 0.2) is 21.3 Å². The molecule has 0 fully saturated rings. The Morgan fingerprint density at radius 2 is 2.00 bits per heavy atom. The van der Waals surface area contributed by atoms with Gasteiger partial charge in [-0.3, -0.25) is 4.79 Å². The summed E-state index contributed by atoms with van der Waals surface area (Å²) in [6.45, 7) is 5.35. The Morgan fingerprint density at radius 1 is 1.33 bits per heavy atom. The van der Waals surface area contributed by atoms with Crippen LogP contribution in [0.2, 0.25) is 5.02 Å². The molecule has 27 heavy (non-hydrogen) atoms. The maximum absolute atomic E-state index is 12.3. The van der Waals surface area contributed by atoms with E-state index in [-0.39, 0.29) is 29.9 Å². The number of rotatable bonds is 7. The SMILES string of the molecule is COc1cc2oc(=O)c(CC(=O)N[C@@H](CC(C)C)C(=O)[O-])c(C)c2cc1Cl. The van der Waals surface area contributed by atoms with Crippen LogP contribution in [-0.4, -0.2) is 25.0 Å². The number of methoxy groups -OCH3 is 1. The average Bonchev–Trinajstić information content (AvgIpc) is 2.58. The number of nitrogens with one attached hydrogen (secondary N) is 1. The van der Waals surface area contributed by atoms with Crippen molar-refractivity contribution in [1.82, 2.24) is 5.32 Å². The number of carboxylic acid groups (broad SMARTS) is 1. The second kappa shape index (κ2) is 8.43. The Kier molecular flexibility index (Phi) is 6.49. The number of halogens is 1. The third-order valence-corrected chi connectivity index (χ3v) is 4.52. The monoisotopic (exact) mass is 394 g/mol. The summed E-state index contributed by atoms with van der Waals surface area (Å²) in [4.78, 5) is 35.8. The highest BCUT2D eigenvalue weighted by Gasteiger charge is 2.20. The number of benzene rings is 1. The Balaban J connectivity index is 2.34. The summed E-state index contributed by atoms with van der Waals surface area (Å²) in [7, 11) is 1.45. The number of fused-ring (bicyclic) bond motifs is 1. The molecule has 0 aliphatic rings. The van der Waals surface area contributed by atoms with E-state index in [9.17, 15) is 19.5 Å². The van der Waals surface area contributed by atoms with E-state index in [1.54, 1.807) is 13.0 Å². The summed E-state index contributed by atoms with van der Waals surface area (Å²) < 4.78 is 10.4. The lowest BCUT2D eigenvalue weighted by Gasteiger charge is -2.21. The number of carbonyl (C=O) groups excluding carboxylic acids is 2. The Bertz CT molecular complexity index is 934. The fourth-order valence-corrected chi connectivity index (χ4v) is 3.08. The smallest absolute Gasteiger partial charge is 0.340 e. The largest absolute Gasteiger partial charge is 0.548 e. The third-order valence-electron chi connectivity index (χ3n) is 4.22. The summed E-state index contributed by atoms with van der Waals surface area (Å²) >= 11 is 6.13. The van der Waals surface area contributed by atoms with Crippen LogP contribution in [0.5, 0.6) is 5.75 Å². The number of ether oxygens (including phenoxy) is 1. The minimum atomic E-state index is -1.36. The van der Waals surface area contributed by atoms with E-state index in [2.05, 4.69) is 5.32 Å². The third kappa shape index (κ3) is 4.80. The predicted octanol–water partition coefficient (Wildman–Crippen LogP) is 1.59. The summed E-state index contributed by atoms with van der Waals surface area (Å²) in [5, 5.41) is 14.5. The zero-order valence-electron chi connectivity index (χ0n) is 15.6. The van der Waals surface area contributed by atoms with Gasteiger partial charge < -0.3 is 24.4 Å². The first-order valence-corrected chi connectivity index (χ1v) is 8.81. The van der Waals surface area contributed by atoms with Gasteiger partial charge in [0.05, 0.1) is 36.1 Å². The van der Waals surface area contributed by atoms with E-state index < -0.39 is 23.5 Å². The number of carbonyl (C=O) groups is 2. The van der Waals surface area contributed by atoms with Crippen LogP contribution in [0.1, 0.15) is 31.4 Å². The summed E-state index contributed by atoms with van der Waals surface area (Å²) in [5.74, 6) is -1.54. The van der Waals surface area contributed by atoms with E-state index >= 15 is 0 Å². The van der Waals surface area contributed by atoms with Crippen molar-refractivity contribution in [1.29, 1.82) is 0 Å². The van der Waals surface area contributed by atoms with Gasteiger partial charge >= 0.3 is 5.63 Å². The highest BCUT2D eigenvalue weighted by molar-refractivity contribution is 6.32. The van der Waals surface area contributed by atoms with Gasteiger partial charge in [-0.1, -0.05) is 25.4 Å². The summed E-state index contributed by atoms with van der Waals surface area (Å²) in [6.07, 6.45) is -0.0790.